The number of quaternary nitrogens is 1. The Balaban J connectivity index is 0.000000243. The zero-order valence-electron chi connectivity index (χ0n) is 19.6. The molecule has 3 fully saturated rings. The van der Waals surface area contributed by atoms with Gasteiger partial charge in [-0.25, -0.2) is 4.79 Å². The lowest BCUT2D eigenvalue weighted by Crippen LogP contribution is -2.51. The highest BCUT2D eigenvalue weighted by Gasteiger charge is 2.60. The molecule has 6 atom stereocenters. The maximum Gasteiger partial charge on any atom is 0.339 e. The molecular formula is C25H28BrNO8. The van der Waals surface area contributed by atoms with Crippen molar-refractivity contribution in [1.82, 2.24) is 0 Å². The van der Waals surface area contributed by atoms with Crippen molar-refractivity contribution in [1.29, 1.82) is 0 Å². The number of rotatable bonds is 4. The molecule has 0 amide bonds. The summed E-state index contributed by atoms with van der Waals surface area (Å²) < 4.78 is 29.4. The Kier molecular flexibility index (Phi) is 7.60. The Hall–Kier alpha value is -2.34. The number of aromatic carboxylic acids is 1. The summed E-state index contributed by atoms with van der Waals surface area (Å²) in [7, 11) is 0. The SMILES string of the molecule is CC([NH3+])c1ccc(Br)cc1.CC1(C)O[C@H]2O[C@H]3[C@H](OC[C@H]3OC(=O)c3ccccc3C(=O)[O-])[C@H]2O1. The van der Waals surface area contributed by atoms with Crippen LogP contribution in [0, 0.1) is 0 Å². The first kappa shape index (κ1) is 25.7. The van der Waals surface area contributed by atoms with Crippen molar-refractivity contribution in [2.75, 3.05) is 6.61 Å². The summed E-state index contributed by atoms with van der Waals surface area (Å²) in [5.41, 5.74) is 4.91. The topological polar surface area (TPSA) is 131 Å². The van der Waals surface area contributed by atoms with Gasteiger partial charge in [0, 0.05) is 15.6 Å². The molecule has 35 heavy (non-hydrogen) atoms. The molecule has 0 bridgehead atoms. The van der Waals surface area contributed by atoms with E-state index in [0.717, 1.165) is 4.47 Å². The van der Waals surface area contributed by atoms with Crippen LogP contribution in [0.25, 0.3) is 0 Å². The van der Waals surface area contributed by atoms with Crippen LogP contribution < -0.4 is 10.8 Å². The molecule has 3 N–H and O–H groups in total. The van der Waals surface area contributed by atoms with E-state index >= 15 is 0 Å². The Morgan fingerprint density at radius 2 is 1.71 bits per heavy atom. The summed E-state index contributed by atoms with van der Waals surface area (Å²) in [4.78, 5) is 23.5. The molecule has 3 aliphatic heterocycles. The van der Waals surface area contributed by atoms with E-state index in [0.29, 0.717) is 6.04 Å². The van der Waals surface area contributed by atoms with Gasteiger partial charge in [0.2, 0.25) is 0 Å². The molecular weight excluding hydrogens is 522 g/mol. The number of esters is 1. The summed E-state index contributed by atoms with van der Waals surface area (Å²) in [5, 5.41) is 11.1. The van der Waals surface area contributed by atoms with E-state index in [-0.39, 0.29) is 23.8 Å². The van der Waals surface area contributed by atoms with Crippen LogP contribution in [0.15, 0.2) is 53.0 Å². The van der Waals surface area contributed by atoms with E-state index in [1.165, 1.54) is 23.8 Å². The first-order valence-electron chi connectivity index (χ1n) is 11.3. The standard InChI is InChI=1S/C17H18O8.C8H10BrN/c1-17(2)24-13-12-11(23-16(13)25-17)10(7-21-12)22-15(20)9-6-4-3-5-8(9)14(18)19;1-6(10)7-2-4-8(9)5-3-7/h3-6,10-13,16H,7H2,1-2H3,(H,18,19);2-6H,10H2,1H3/t10-,11-,12+,13-,16-;/m1./s1. The molecule has 188 valence electrons. The lowest BCUT2D eigenvalue weighted by molar-refractivity contribution is -0.420. The molecule has 2 aromatic rings. The van der Waals surface area contributed by atoms with Gasteiger partial charge in [0.1, 0.15) is 24.4 Å². The second kappa shape index (κ2) is 10.3. The molecule has 0 spiro atoms. The third-order valence-corrected chi connectivity index (χ3v) is 6.44. The van der Waals surface area contributed by atoms with Gasteiger partial charge in [-0.1, -0.05) is 46.3 Å². The van der Waals surface area contributed by atoms with Crippen molar-refractivity contribution in [3.05, 3.63) is 69.7 Å². The lowest BCUT2D eigenvalue weighted by atomic mass is 10.1. The quantitative estimate of drug-likeness (QED) is 0.569. The van der Waals surface area contributed by atoms with Crippen molar-refractivity contribution in [2.24, 2.45) is 0 Å². The molecule has 1 unspecified atom stereocenters. The second-order valence-electron chi connectivity index (χ2n) is 9.10. The minimum absolute atomic E-state index is 0.0715. The minimum Gasteiger partial charge on any atom is -0.545 e. The fraction of sp³-hybridized carbons (Fsp3) is 0.440. The molecule has 3 aliphatic rings. The van der Waals surface area contributed by atoms with Crippen LogP contribution in [0.5, 0.6) is 0 Å². The van der Waals surface area contributed by atoms with E-state index < -0.39 is 42.3 Å². The number of benzene rings is 2. The fourth-order valence-electron chi connectivity index (χ4n) is 4.23. The summed E-state index contributed by atoms with van der Waals surface area (Å²) in [6.07, 6.45) is -2.57. The van der Waals surface area contributed by atoms with E-state index in [9.17, 15) is 14.7 Å². The van der Waals surface area contributed by atoms with E-state index in [1.54, 1.807) is 19.9 Å². The monoisotopic (exact) mass is 549 g/mol. The third-order valence-electron chi connectivity index (χ3n) is 5.91. The Bertz CT molecular complexity index is 1070. The van der Waals surface area contributed by atoms with Crippen molar-refractivity contribution >= 4 is 27.9 Å². The van der Waals surface area contributed by atoms with E-state index in [4.69, 9.17) is 23.7 Å². The van der Waals surface area contributed by atoms with Crippen molar-refractivity contribution in [3.63, 3.8) is 0 Å². The molecule has 0 saturated carbocycles. The molecule has 0 aromatic heterocycles. The van der Waals surface area contributed by atoms with E-state index in [1.807, 2.05) is 12.1 Å². The van der Waals surface area contributed by atoms with Gasteiger partial charge in [0.15, 0.2) is 18.2 Å². The van der Waals surface area contributed by atoms with Crippen LogP contribution >= 0.6 is 15.9 Å². The Morgan fingerprint density at radius 3 is 2.34 bits per heavy atom. The van der Waals surface area contributed by atoms with Gasteiger partial charge < -0.3 is 39.3 Å². The number of hydrogen-bond donors (Lipinski definition) is 1. The summed E-state index contributed by atoms with van der Waals surface area (Å²) in [5.74, 6) is -2.97. The number of hydrogen-bond acceptors (Lipinski definition) is 8. The molecule has 10 heteroatoms. The van der Waals surface area contributed by atoms with Crippen molar-refractivity contribution in [2.45, 2.75) is 63.3 Å². The zero-order chi connectivity index (χ0) is 25.3. The highest BCUT2D eigenvalue weighted by molar-refractivity contribution is 9.10. The average Bonchev–Trinajstić information content (AvgIpc) is 3.43. The first-order chi connectivity index (χ1) is 16.6. The summed E-state index contributed by atoms with van der Waals surface area (Å²) in [6, 6.07) is 14.4. The zero-order valence-corrected chi connectivity index (χ0v) is 21.2. The van der Waals surface area contributed by atoms with E-state index in [2.05, 4.69) is 40.7 Å². The van der Waals surface area contributed by atoms with Gasteiger partial charge in [-0.2, -0.15) is 0 Å². The number of fused-ring (bicyclic) bond motifs is 3. The van der Waals surface area contributed by atoms with Gasteiger partial charge >= 0.3 is 5.97 Å². The summed E-state index contributed by atoms with van der Waals surface area (Å²) >= 11 is 3.37. The third kappa shape index (κ3) is 5.74. The summed E-state index contributed by atoms with van der Waals surface area (Å²) in [6.45, 7) is 5.80. The maximum atomic E-state index is 12.4. The Morgan fingerprint density at radius 1 is 1.06 bits per heavy atom. The lowest BCUT2D eigenvalue weighted by Gasteiger charge is -2.23. The van der Waals surface area contributed by atoms with Gasteiger partial charge in [-0.05, 0) is 39.0 Å². The maximum absolute atomic E-state index is 12.4. The highest BCUT2D eigenvalue weighted by Crippen LogP contribution is 2.42. The second-order valence-corrected chi connectivity index (χ2v) is 10.0. The van der Waals surface area contributed by atoms with Crippen molar-refractivity contribution < 1.29 is 44.1 Å². The number of carbonyl (C=O) groups excluding carboxylic acids is 2. The van der Waals surface area contributed by atoms with Crippen LogP contribution in [-0.4, -0.2) is 55.0 Å². The first-order valence-corrected chi connectivity index (χ1v) is 12.1. The molecule has 3 heterocycles. The fourth-order valence-corrected chi connectivity index (χ4v) is 4.49. The van der Waals surface area contributed by atoms with Gasteiger partial charge in [-0.3, -0.25) is 0 Å². The van der Waals surface area contributed by atoms with Gasteiger partial charge in [0.25, 0.3) is 0 Å². The van der Waals surface area contributed by atoms with Crippen molar-refractivity contribution in [3.8, 4) is 0 Å². The normalized spacial score (nSPS) is 28.9. The molecule has 0 radical (unpaired) electrons. The smallest absolute Gasteiger partial charge is 0.339 e. The van der Waals surface area contributed by atoms with Crippen LogP contribution in [0.2, 0.25) is 0 Å². The molecule has 9 nitrogen and oxygen atoms in total. The minimum atomic E-state index is -1.44. The number of halogens is 1. The number of carbonyl (C=O) groups is 2. The molecule has 3 saturated heterocycles. The number of ether oxygens (including phenoxy) is 5. The average molecular weight is 550 g/mol. The van der Waals surface area contributed by atoms with Crippen LogP contribution in [-0.2, 0) is 23.7 Å². The molecule has 2 aromatic carbocycles. The van der Waals surface area contributed by atoms with Gasteiger partial charge in [0.05, 0.1) is 18.1 Å². The van der Waals surface area contributed by atoms with Crippen LogP contribution in [0.3, 0.4) is 0 Å². The molecule has 0 aliphatic carbocycles. The van der Waals surface area contributed by atoms with Crippen LogP contribution in [0.1, 0.15) is 53.1 Å². The van der Waals surface area contributed by atoms with Gasteiger partial charge in [-0.15, -0.1) is 0 Å². The number of carboxylic acid groups (broad SMARTS) is 1. The predicted molar refractivity (Wildman–Crippen MR) is 124 cm³/mol. The number of carboxylic acids is 1. The Labute approximate surface area is 211 Å². The predicted octanol–water partition coefficient (Wildman–Crippen LogP) is 1.60. The van der Waals surface area contributed by atoms with Crippen LogP contribution in [0.4, 0.5) is 0 Å². The largest absolute Gasteiger partial charge is 0.545 e. The highest BCUT2D eigenvalue weighted by atomic mass is 79.9. The molecule has 5 rings (SSSR count).